The Balaban J connectivity index is 1.03. The maximum atomic E-state index is 6.42. The molecule has 2 aromatic rings. The molecule has 0 radical (unpaired) electrons. The van der Waals surface area contributed by atoms with Gasteiger partial charge in [-0.15, -0.1) is 0 Å². The van der Waals surface area contributed by atoms with Crippen LogP contribution in [0.2, 0.25) is 11.6 Å². The quantitative estimate of drug-likeness (QED) is 0.282. The van der Waals surface area contributed by atoms with Gasteiger partial charge < -0.3 is 9.80 Å². The van der Waals surface area contributed by atoms with Crippen LogP contribution in [0, 0.1) is 80.8 Å². The highest BCUT2D eigenvalue weighted by Crippen LogP contribution is 2.75. The van der Waals surface area contributed by atoms with E-state index in [1.54, 1.807) is 17.0 Å². The van der Waals surface area contributed by atoms with Gasteiger partial charge >= 0.3 is 0 Å². The van der Waals surface area contributed by atoms with E-state index in [4.69, 9.17) is 4.99 Å². The molecule has 4 heteroatoms. The lowest BCUT2D eigenvalue weighted by Gasteiger charge is -2.71. The molecule has 3 heterocycles. The normalized spacial score (nSPS) is 49.4. The molecule has 59 heavy (non-hydrogen) atoms. The molecule has 10 fully saturated rings. The first-order chi connectivity index (χ1) is 28.3. The van der Waals surface area contributed by atoms with Gasteiger partial charge in [-0.3, -0.25) is 0 Å². The Hall–Kier alpha value is -2.23. The van der Waals surface area contributed by atoms with Crippen molar-refractivity contribution in [2.24, 2.45) is 85.8 Å². The van der Waals surface area contributed by atoms with Crippen molar-refractivity contribution in [3.05, 3.63) is 66.2 Å². The third-order valence-electron chi connectivity index (χ3n) is 23.9. The third kappa shape index (κ3) is 4.48. The van der Waals surface area contributed by atoms with Crippen molar-refractivity contribution in [1.29, 1.82) is 0 Å². The van der Waals surface area contributed by atoms with Crippen LogP contribution in [0.15, 0.2) is 65.7 Å². The highest BCUT2D eigenvalue weighted by atomic mass is 15.5. The number of hydrogen-bond donors (Lipinski definition) is 0. The fourth-order valence-electron chi connectivity index (χ4n) is 20.7. The second kappa shape index (κ2) is 12.3. The summed E-state index contributed by atoms with van der Waals surface area (Å²) in [4.78, 5) is 13.0. The number of fused-ring (bicyclic) bond motifs is 9. The molecule has 3 aliphatic heterocycles. The van der Waals surface area contributed by atoms with Crippen molar-refractivity contribution in [2.75, 3.05) is 0 Å². The predicted octanol–water partition coefficient (Wildman–Crippen LogP) is 11.8. The number of nitrogens with zero attached hydrogens (tertiary/aromatic N) is 3. The zero-order chi connectivity index (χ0) is 40.1. The Morgan fingerprint density at radius 2 is 1.12 bits per heavy atom. The minimum atomic E-state index is 0.350. The Labute approximate surface area is 358 Å². The van der Waals surface area contributed by atoms with Gasteiger partial charge in [0.25, 0.3) is 0 Å². The monoisotopic (exact) mass is 790 g/mol. The van der Waals surface area contributed by atoms with Gasteiger partial charge in [0.1, 0.15) is 0 Å². The van der Waals surface area contributed by atoms with E-state index in [0.717, 1.165) is 59.2 Å². The van der Waals surface area contributed by atoms with E-state index in [1.165, 1.54) is 77.0 Å². The predicted molar refractivity (Wildman–Crippen MR) is 244 cm³/mol. The Morgan fingerprint density at radius 1 is 0.542 bits per heavy atom. The lowest BCUT2D eigenvalue weighted by molar-refractivity contribution is -0.102. The lowest BCUT2D eigenvalue weighted by atomic mass is 9.20. The fourth-order valence-corrected chi connectivity index (χ4v) is 20.7. The Morgan fingerprint density at radius 3 is 1.78 bits per heavy atom. The maximum Gasteiger partial charge on any atom is 0.198 e. The first-order valence-corrected chi connectivity index (χ1v) is 25.6. The van der Waals surface area contributed by atoms with Crippen LogP contribution in [-0.4, -0.2) is 52.7 Å². The molecule has 0 spiro atoms. The molecular formula is C55H76BN3. The molecule has 13 rings (SSSR count). The highest BCUT2D eigenvalue weighted by Gasteiger charge is 2.74. The van der Waals surface area contributed by atoms with Gasteiger partial charge in [-0.1, -0.05) is 147 Å². The van der Waals surface area contributed by atoms with E-state index < -0.39 is 0 Å². The van der Waals surface area contributed by atoms with Crippen molar-refractivity contribution in [2.45, 2.75) is 180 Å². The summed E-state index contributed by atoms with van der Waals surface area (Å²) in [6.45, 7) is 22.2. The number of benzene rings is 2. The SMILES string of the molecule is CC1(C)C2CCCC3C2C(CC2N=C4N(C5CCCC6CC(c7ccccc7)C7B(c8ccccc8)C8CC9C%10C(CCCC%10C(C)(C)C9(C)C)C8N4C7C65)C23)C1(C)C. The van der Waals surface area contributed by atoms with Gasteiger partial charge in [0.2, 0.25) is 0 Å². The molecule has 18 atom stereocenters. The van der Waals surface area contributed by atoms with E-state index in [0.29, 0.717) is 76.1 Å². The summed E-state index contributed by atoms with van der Waals surface area (Å²) in [5, 5.41) is 0. The zero-order valence-corrected chi connectivity index (χ0v) is 38.1. The standard InChI is InChI=1S/C55H76BN3/c1-52(2)37-25-16-23-34-45(37)39(54(52,5)6)29-41-48(34)59-50-44-32(28-36(31-18-11-9-12-19-31)47(50)56(41)33-21-13-10-14-22-33)20-15-27-43(44)58-49-35-24-17-26-38-46(35)40(30-42(49)57-51(58)59)55(7,8)53(38,3)4/h9-14,18-19,21-22,32,34-50H,15-17,20,23-30H2,1-8H3. The third-order valence-corrected chi connectivity index (χ3v) is 23.9. The van der Waals surface area contributed by atoms with Gasteiger partial charge in [0.15, 0.2) is 12.7 Å². The number of guanidine groups is 1. The summed E-state index contributed by atoms with van der Waals surface area (Å²) in [6.07, 6.45) is 17.1. The van der Waals surface area contributed by atoms with Gasteiger partial charge in [0.05, 0.1) is 12.1 Å². The second-order valence-electron chi connectivity index (χ2n) is 25.7. The minimum Gasteiger partial charge on any atom is -0.337 e. The molecule has 0 N–H and O–H groups in total. The number of hydrogen-bond acceptors (Lipinski definition) is 3. The van der Waals surface area contributed by atoms with Crippen LogP contribution in [0.1, 0.15) is 144 Å². The van der Waals surface area contributed by atoms with Crippen LogP contribution in [0.4, 0.5) is 0 Å². The molecule has 8 aliphatic carbocycles. The van der Waals surface area contributed by atoms with Crippen LogP contribution in [0.3, 0.4) is 0 Å². The number of rotatable bonds is 2. The molecule has 2 aromatic carbocycles. The van der Waals surface area contributed by atoms with Crippen molar-refractivity contribution in [3.63, 3.8) is 0 Å². The van der Waals surface area contributed by atoms with E-state index in [9.17, 15) is 0 Å². The van der Waals surface area contributed by atoms with Crippen LogP contribution >= 0.6 is 0 Å². The Bertz CT molecular complexity index is 2020. The van der Waals surface area contributed by atoms with Crippen LogP contribution < -0.4 is 5.46 Å². The summed E-state index contributed by atoms with van der Waals surface area (Å²) in [5.74, 6) is 11.8. The average Bonchev–Trinajstić information content (AvgIpc) is 3.76. The smallest absolute Gasteiger partial charge is 0.198 e. The van der Waals surface area contributed by atoms with Crippen LogP contribution in [0.25, 0.3) is 0 Å². The molecule has 8 saturated carbocycles. The minimum absolute atomic E-state index is 0.350. The van der Waals surface area contributed by atoms with Crippen LogP contribution in [-0.2, 0) is 0 Å². The molecule has 0 bridgehead atoms. The fraction of sp³-hybridized carbons (Fsp3) is 0.764. The van der Waals surface area contributed by atoms with Gasteiger partial charge in [-0.05, 0) is 149 Å². The summed E-state index contributed by atoms with van der Waals surface area (Å²) in [5.41, 5.74) is 4.82. The molecule has 18 unspecified atom stereocenters. The molecule has 0 aromatic heterocycles. The van der Waals surface area contributed by atoms with Gasteiger partial charge in [-0.25, -0.2) is 4.99 Å². The van der Waals surface area contributed by atoms with E-state index in [-0.39, 0.29) is 0 Å². The summed E-state index contributed by atoms with van der Waals surface area (Å²) < 4.78 is 0. The molecule has 11 aliphatic rings. The van der Waals surface area contributed by atoms with Crippen molar-refractivity contribution in [3.8, 4) is 0 Å². The zero-order valence-electron chi connectivity index (χ0n) is 38.1. The van der Waals surface area contributed by atoms with E-state index in [1.807, 2.05) is 0 Å². The first-order valence-electron chi connectivity index (χ1n) is 25.6. The van der Waals surface area contributed by atoms with E-state index in [2.05, 4.69) is 126 Å². The Kier molecular flexibility index (Phi) is 7.77. The van der Waals surface area contributed by atoms with E-state index >= 15 is 0 Å². The first kappa shape index (κ1) is 37.3. The molecule has 0 amide bonds. The molecule has 3 nitrogen and oxygen atoms in total. The van der Waals surface area contributed by atoms with Crippen molar-refractivity contribution < 1.29 is 0 Å². The molecular weight excluding hydrogens is 713 g/mol. The summed E-state index contributed by atoms with van der Waals surface area (Å²) >= 11 is 0. The van der Waals surface area contributed by atoms with Gasteiger partial charge in [-0.2, -0.15) is 0 Å². The molecule has 314 valence electrons. The molecule has 2 saturated heterocycles. The summed E-state index contributed by atoms with van der Waals surface area (Å²) in [6, 6.07) is 27.4. The largest absolute Gasteiger partial charge is 0.337 e. The highest BCUT2D eigenvalue weighted by molar-refractivity contribution is 6.76. The topological polar surface area (TPSA) is 18.8 Å². The van der Waals surface area contributed by atoms with Crippen molar-refractivity contribution >= 4 is 18.1 Å². The van der Waals surface area contributed by atoms with Crippen LogP contribution in [0.5, 0.6) is 0 Å². The second-order valence-corrected chi connectivity index (χ2v) is 25.7. The van der Waals surface area contributed by atoms with Crippen molar-refractivity contribution in [1.82, 2.24) is 9.80 Å². The maximum absolute atomic E-state index is 6.42. The van der Waals surface area contributed by atoms with Gasteiger partial charge in [0, 0.05) is 24.0 Å². The average molecular weight is 790 g/mol. The summed E-state index contributed by atoms with van der Waals surface area (Å²) in [7, 11) is 0. The lowest BCUT2D eigenvalue weighted by Crippen LogP contribution is -2.79. The number of aliphatic imine (C=N–C) groups is 1.